The van der Waals surface area contributed by atoms with Crippen molar-refractivity contribution in [2.75, 3.05) is 6.54 Å². The van der Waals surface area contributed by atoms with Crippen LogP contribution < -0.4 is 5.32 Å². The molecule has 29 heavy (non-hydrogen) atoms. The van der Waals surface area contributed by atoms with Gasteiger partial charge in [-0.15, -0.1) is 6.58 Å². The number of allylic oxidation sites excluding steroid dienone is 1. The maximum absolute atomic E-state index is 12.8. The molecule has 0 radical (unpaired) electrons. The van der Waals surface area contributed by atoms with Crippen molar-refractivity contribution in [2.45, 2.75) is 23.9 Å². The largest absolute Gasteiger partial charge is 0.534 e. The molecule has 0 spiro atoms. The van der Waals surface area contributed by atoms with Gasteiger partial charge < -0.3 is 9.50 Å². The number of rotatable bonds is 10. The van der Waals surface area contributed by atoms with E-state index < -0.39 is 26.8 Å². The van der Waals surface area contributed by atoms with Crippen LogP contribution in [0.25, 0.3) is 0 Å². The highest BCUT2D eigenvalue weighted by Crippen LogP contribution is 2.39. The van der Waals surface area contributed by atoms with E-state index in [2.05, 4.69) is 22.7 Å². The molecular formula is C21H22F3NO3S. The summed E-state index contributed by atoms with van der Waals surface area (Å²) in [4.78, 5) is 0. The van der Waals surface area contributed by atoms with E-state index in [0.29, 0.717) is 18.7 Å². The van der Waals surface area contributed by atoms with Gasteiger partial charge in [-0.25, -0.2) is 0 Å². The van der Waals surface area contributed by atoms with Crippen molar-refractivity contribution in [3.05, 3.63) is 96.8 Å². The lowest BCUT2D eigenvalue weighted by atomic mass is 9.76. The molecule has 1 N–H and O–H groups in total. The Balaban J connectivity index is 2.24. The quantitative estimate of drug-likeness (QED) is 0.198. The molecule has 4 nitrogen and oxygen atoms in total. The molecule has 0 fully saturated rings. The SMILES string of the molecule is C=C[C@](CCNCc1ccccc1)(C(=C)OS(=O)(=O)C(F)(F)F)c1ccccc1. The Morgan fingerprint density at radius 1 is 1.03 bits per heavy atom. The van der Waals surface area contributed by atoms with E-state index in [-0.39, 0.29) is 6.42 Å². The summed E-state index contributed by atoms with van der Waals surface area (Å²) < 4.78 is 65.8. The minimum atomic E-state index is -5.84. The zero-order chi connectivity index (χ0) is 21.5. The van der Waals surface area contributed by atoms with E-state index >= 15 is 0 Å². The van der Waals surface area contributed by atoms with Crippen molar-refractivity contribution in [3.8, 4) is 0 Å². The van der Waals surface area contributed by atoms with Crippen molar-refractivity contribution in [3.63, 3.8) is 0 Å². The first-order valence-corrected chi connectivity index (χ1v) is 10.2. The Labute approximate surface area is 168 Å². The normalized spacial score (nSPS) is 14.0. The summed E-state index contributed by atoms with van der Waals surface area (Å²) in [7, 11) is -5.84. The molecule has 156 valence electrons. The third-order valence-corrected chi connectivity index (χ3v) is 5.48. The van der Waals surface area contributed by atoms with Crippen molar-refractivity contribution >= 4 is 10.1 Å². The maximum Gasteiger partial charge on any atom is 0.534 e. The van der Waals surface area contributed by atoms with E-state index in [9.17, 15) is 21.6 Å². The van der Waals surface area contributed by atoms with Crippen molar-refractivity contribution in [1.29, 1.82) is 0 Å². The number of hydrogen-bond acceptors (Lipinski definition) is 4. The number of nitrogens with one attached hydrogen (secondary N) is 1. The van der Waals surface area contributed by atoms with Crippen LogP contribution in [-0.4, -0.2) is 20.5 Å². The van der Waals surface area contributed by atoms with Gasteiger partial charge in [0.05, 0.1) is 5.41 Å². The molecule has 0 heterocycles. The summed E-state index contributed by atoms with van der Waals surface area (Å²) in [5, 5.41) is 3.19. The van der Waals surface area contributed by atoms with Crippen LogP contribution in [0.4, 0.5) is 13.2 Å². The predicted molar refractivity (Wildman–Crippen MR) is 106 cm³/mol. The van der Waals surface area contributed by atoms with Gasteiger partial charge in [-0.3, -0.25) is 0 Å². The molecule has 0 saturated heterocycles. The molecule has 0 aliphatic carbocycles. The average molecular weight is 425 g/mol. The van der Waals surface area contributed by atoms with Crippen molar-refractivity contribution in [1.82, 2.24) is 5.32 Å². The molecule has 8 heteroatoms. The van der Waals surface area contributed by atoms with Crippen LogP contribution in [-0.2, 0) is 26.3 Å². The molecule has 0 unspecified atom stereocenters. The second-order valence-electron chi connectivity index (χ2n) is 6.36. The monoisotopic (exact) mass is 425 g/mol. The molecule has 0 saturated carbocycles. The van der Waals surface area contributed by atoms with Gasteiger partial charge in [-0.2, -0.15) is 21.6 Å². The summed E-state index contributed by atoms with van der Waals surface area (Å²) >= 11 is 0. The summed E-state index contributed by atoms with van der Waals surface area (Å²) in [5.74, 6) is -0.558. The molecule has 0 aliphatic rings. The predicted octanol–water partition coefficient (Wildman–Crippen LogP) is 4.67. The minimum Gasteiger partial charge on any atom is -0.380 e. The first kappa shape index (κ1) is 22.7. The van der Waals surface area contributed by atoms with E-state index in [4.69, 9.17) is 0 Å². The molecule has 0 amide bonds. The van der Waals surface area contributed by atoms with Gasteiger partial charge in [0.25, 0.3) is 0 Å². The van der Waals surface area contributed by atoms with Crippen LogP contribution >= 0.6 is 0 Å². The Hall–Kier alpha value is -2.58. The van der Waals surface area contributed by atoms with Crippen LogP contribution in [0.3, 0.4) is 0 Å². The molecule has 2 aromatic rings. The highest BCUT2D eigenvalue weighted by Gasteiger charge is 2.50. The Morgan fingerprint density at radius 3 is 2.10 bits per heavy atom. The topological polar surface area (TPSA) is 55.4 Å². The molecular weight excluding hydrogens is 403 g/mol. The van der Waals surface area contributed by atoms with Gasteiger partial charge in [0, 0.05) is 6.54 Å². The van der Waals surface area contributed by atoms with Crippen molar-refractivity contribution in [2.24, 2.45) is 0 Å². The first-order chi connectivity index (χ1) is 13.6. The highest BCUT2D eigenvalue weighted by molar-refractivity contribution is 7.87. The number of alkyl halides is 3. The van der Waals surface area contributed by atoms with Gasteiger partial charge in [0.2, 0.25) is 0 Å². The lowest BCUT2D eigenvalue weighted by Gasteiger charge is -2.32. The molecule has 2 aromatic carbocycles. The number of hydrogen-bond donors (Lipinski definition) is 1. The Kier molecular flexibility index (Phi) is 7.26. The van der Waals surface area contributed by atoms with Crippen LogP contribution in [0.15, 0.2) is 85.7 Å². The van der Waals surface area contributed by atoms with Crippen molar-refractivity contribution < 1.29 is 25.8 Å². The second kappa shape index (κ2) is 9.28. The molecule has 0 bridgehead atoms. The van der Waals surface area contributed by atoms with Crippen LogP contribution in [0, 0.1) is 0 Å². The summed E-state index contributed by atoms with van der Waals surface area (Å²) in [6.07, 6.45) is 1.56. The van der Waals surface area contributed by atoms with Crippen LogP contribution in [0.1, 0.15) is 17.5 Å². The smallest absolute Gasteiger partial charge is 0.380 e. The van der Waals surface area contributed by atoms with E-state index in [1.165, 1.54) is 6.08 Å². The number of benzene rings is 2. The average Bonchev–Trinajstić information content (AvgIpc) is 2.68. The Morgan fingerprint density at radius 2 is 1.59 bits per heavy atom. The maximum atomic E-state index is 12.8. The summed E-state index contributed by atoms with van der Waals surface area (Å²) in [6.45, 7) is 8.11. The van der Waals surface area contributed by atoms with E-state index in [0.717, 1.165) is 5.56 Å². The molecule has 0 aromatic heterocycles. The van der Waals surface area contributed by atoms with Gasteiger partial charge in [-0.1, -0.05) is 73.3 Å². The van der Waals surface area contributed by atoms with Crippen LogP contribution in [0.2, 0.25) is 0 Å². The zero-order valence-electron chi connectivity index (χ0n) is 15.7. The zero-order valence-corrected chi connectivity index (χ0v) is 16.5. The number of halogens is 3. The third kappa shape index (κ3) is 5.48. The van der Waals surface area contributed by atoms with Crippen LogP contribution in [0.5, 0.6) is 0 Å². The van der Waals surface area contributed by atoms with E-state index in [1.54, 1.807) is 30.3 Å². The lowest BCUT2D eigenvalue weighted by molar-refractivity contribution is -0.0527. The third-order valence-electron chi connectivity index (χ3n) is 4.50. The molecule has 1 atom stereocenters. The summed E-state index contributed by atoms with van der Waals surface area (Å²) in [5.41, 5.74) is -5.32. The lowest BCUT2D eigenvalue weighted by Crippen LogP contribution is -2.35. The molecule has 0 aliphatic heterocycles. The standard InChI is InChI=1S/C21H22F3NO3S/c1-3-20(19-12-8-5-9-13-19,17(2)28-29(26,27)21(22,23)24)14-15-25-16-18-10-6-4-7-11-18/h3-13,25H,1-2,14-16H2/t20-/m0/s1. The van der Waals surface area contributed by atoms with E-state index in [1.807, 2.05) is 30.3 Å². The highest BCUT2D eigenvalue weighted by atomic mass is 32.2. The van der Waals surface area contributed by atoms with Gasteiger partial charge in [0.1, 0.15) is 5.76 Å². The first-order valence-electron chi connectivity index (χ1n) is 8.76. The Bertz CT molecular complexity index is 929. The van der Waals surface area contributed by atoms with Gasteiger partial charge >= 0.3 is 15.6 Å². The fraction of sp³-hybridized carbons (Fsp3) is 0.238. The summed E-state index contributed by atoms with van der Waals surface area (Å²) in [6, 6.07) is 18.0. The second-order valence-corrected chi connectivity index (χ2v) is 7.90. The fourth-order valence-corrected chi connectivity index (χ4v) is 3.39. The van der Waals surface area contributed by atoms with Gasteiger partial charge in [-0.05, 0) is 24.1 Å². The van der Waals surface area contributed by atoms with Gasteiger partial charge in [0.15, 0.2) is 0 Å². The molecule has 2 rings (SSSR count). The fourth-order valence-electron chi connectivity index (χ4n) is 2.88. The minimum absolute atomic E-state index is 0.194.